The predicted molar refractivity (Wildman–Crippen MR) is 67.4 cm³/mol. The Morgan fingerprint density at radius 2 is 1.94 bits per heavy atom. The molecule has 16 heavy (non-hydrogen) atoms. The molecule has 1 aliphatic carbocycles. The summed E-state index contributed by atoms with van der Waals surface area (Å²) in [5, 5.41) is 6.24. The second-order valence-electron chi connectivity index (χ2n) is 5.25. The summed E-state index contributed by atoms with van der Waals surface area (Å²) in [5.74, 6) is 0.188. The smallest absolute Gasteiger partial charge is 0.221 e. The molecule has 1 saturated carbocycles. The fraction of sp³-hybridized carbons (Fsp3) is 0.923. The third-order valence-corrected chi connectivity index (χ3v) is 3.55. The molecule has 94 valence electrons. The number of carbonyl (C=O) groups excluding carboxylic acids is 1. The van der Waals surface area contributed by atoms with E-state index in [-0.39, 0.29) is 5.91 Å². The molecule has 2 N–H and O–H groups in total. The molecule has 0 atom stereocenters. The highest BCUT2D eigenvalue weighted by molar-refractivity contribution is 5.76. The highest BCUT2D eigenvalue weighted by Crippen LogP contribution is 2.34. The van der Waals surface area contributed by atoms with Gasteiger partial charge in [0.05, 0.1) is 0 Å². The molecular formula is C13H26N2O. The summed E-state index contributed by atoms with van der Waals surface area (Å²) in [4.78, 5) is 11.6. The van der Waals surface area contributed by atoms with Crippen LogP contribution in [-0.2, 0) is 4.79 Å². The van der Waals surface area contributed by atoms with Gasteiger partial charge < -0.3 is 10.6 Å². The lowest BCUT2D eigenvalue weighted by molar-refractivity contribution is -0.121. The summed E-state index contributed by atoms with van der Waals surface area (Å²) in [6.45, 7) is 6.94. The molecule has 0 heterocycles. The Morgan fingerprint density at radius 3 is 2.56 bits per heavy atom. The van der Waals surface area contributed by atoms with Crippen molar-refractivity contribution < 1.29 is 4.79 Å². The fourth-order valence-electron chi connectivity index (χ4n) is 2.36. The molecule has 1 rings (SSSR count). The van der Waals surface area contributed by atoms with Crippen LogP contribution in [0.1, 0.15) is 52.4 Å². The van der Waals surface area contributed by atoms with Crippen LogP contribution < -0.4 is 10.6 Å². The number of hydrogen-bond acceptors (Lipinski definition) is 2. The van der Waals surface area contributed by atoms with E-state index in [0.717, 1.165) is 19.6 Å². The Labute approximate surface area is 99.4 Å². The third kappa shape index (κ3) is 4.97. The summed E-state index contributed by atoms with van der Waals surface area (Å²) in [7, 11) is 0. The molecule has 1 fully saturated rings. The number of hydrogen-bond donors (Lipinski definition) is 2. The van der Waals surface area contributed by atoms with Crippen LogP contribution in [0.2, 0.25) is 0 Å². The summed E-state index contributed by atoms with van der Waals surface area (Å²) < 4.78 is 0. The second-order valence-corrected chi connectivity index (χ2v) is 5.25. The van der Waals surface area contributed by atoms with E-state index in [4.69, 9.17) is 0 Å². The van der Waals surface area contributed by atoms with Gasteiger partial charge in [0.1, 0.15) is 0 Å². The summed E-state index contributed by atoms with van der Waals surface area (Å²) >= 11 is 0. The Hall–Kier alpha value is -0.570. The van der Waals surface area contributed by atoms with Gasteiger partial charge in [0.25, 0.3) is 0 Å². The van der Waals surface area contributed by atoms with E-state index in [1.807, 2.05) is 0 Å². The number of amides is 1. The second kappa shape index (κ2) is 6.89. The molecule has 0 radical (unpaired) electrons. The molecule has 0 aromatic rings. The molecule has 1 aliphatic rings. The minimum absolute atomic E-state index is 0.188. The maximum absolute atomic E-state index is 11.6. The van der Waals surface area contributed by atoms with Crippen molar-refractivity contribution in [3.8, 4) is 0 Å². The standard InChI is InChI=1S/C13H26N2O/c1-3-14-10-7-12(16)15-11-13(2)8-5-4-6-9-13/h14H,3-11H2,1-2H3,(H,15,16). The van der Waals surface area contributed by atoms with Crippen LogP contribution in [0.4, 0.5) is 0 Å². The molecular weight excluding hydrogens is 200 g/mol. The van der Waals surface area contributed by atoms with Gasteiger partial charge in [0.2, 0.25) is 5.91 Å². The topological polar surface area (TPSA) is 41.1 Å². The minimum Gasteiger partial charge on any atom is -0.356 e. The zero-order valence-corrected chi connectivity index (χ0v) is 10.8. The molecule has 0 aromatic carbocycles. The van der Waals surface area contributed by atoms with Crippen molar-refractivity contribution in [1.29, 1.82) is 0 Å². The lowest BCUT2D eigenvalue weighted by Crippen LogP contribution is -2.37. The molecule has 0 bridgehead atoms. The lowest BCUT2D eigenvalue weighted by atomic mass is 9.76. The molecule has 0 aliphatic heterocycles. The van der Waals surface area contributed by atoms with E-state index >= 15 is 0 Å². The zero-order chi connectivity index (χ0) is 11.9. The summed E-state index contributed by atoms with van der Waals surface area (Å²) in [6, 6.07) is 0. The first-order valence-corrected chi connectivity index (χ1v) is 6.64. The molecule has 1 amide bonds. The van der Waals surface area contributed by atoms with Crippen LogP contribution in [-0.4, -0.2) is 25.5 Å². The molecule has 3 heteroatoms. The highest BCUT2D eigenvalue weighted by Gasteiger charge is 2.26. The van der Waals surface area contributed by atoms with E-state index in [0.29, 0.717) is 11.8 Å². The van der Waals surface area contributed by atoms with Gasteiger partial charge in [-0.25, -0.2) is 0 Å². The molecule has 0 unspecified atom stereocenters. The van der Waals surface area contributed by atoms with Crippen LogP contribution in [0, 0.1) is 5.41 Å². The quantitative estimate of drug-likeness (QED) is 0.681. The fourth-order valence-corrected chi connectivity index (χ4v) is 2.36. The first-order chi connectivity index (χ1) is 7.66. The number of carbonyl (C=O) groups is 1. The largest absolute Gasteiger partial charge is 0.356 e. The molecule has 3 nitrogen and oxygen atoms in total. The van der Waals surface area contributed by atoms with Crippen LogP contribution in [0.25, 0.3) is 0 Å². The Balaban J connectivity index is 2.14. The van der Waals surface area contributed by atoms with E-state index in [2.05, 4.69) is 24.5 Å². The highest BCUT2D eigenvalue weighted by atomic mass is 16.1. The van der Waals surface area contributed by atoms with Crippen molar-refractivity contribution in [3.05, 3.63) is 0 Å². The monoisotopic (exact) mass is 226 g/mol. The summed E-state index contributed by atoms with van der Waals surface area (Å²) in [6.07, 6.45) is 7.14. The van der Waals surface area contributed by atoms with Gasteiger partial charge in [-0.05, 0) is 24.8 Å². The van der Waals surface area contributed by atoms with Gasteiger partial charge >= 0.3 is 0 Å². The van der Waals surface area contributed by atoms with Gasteiger partial charge in [0, 0.05) is 19.5 Å². The molecule has 0 spiro atoms. The average molecular weight is 226 g/mol. The van der Waals surface area contributed by atoms with Crippen LogP contribution in [0.15, 0.2) is 0 Å². The van der Waals surface area contributed by atoms with Crippen molar-refractivity contribution in [2.75, 3.05) is 19.6 Å². The van der Waals surface area contributed by atoms with Gasteiger partial charge in [-0.1, -0.05) is 33.1 Å². The van der Waals surface area contributed by atoms with E-state index < -0.39 is 0 Å². The number of nitrogens with one attached hydrogen (secondary N) is 2. The van der Waals surface area contributed by atoms with Crippen molar-refractivity contribution in [3.63, 3.8) is 0 Å². The maximum atomic E-state index is 11.6. The molecule has 0 aromatic heterocycles. The van der Waals surface area contributed by atoms with Crippen molar-refractivity contribution in [2.24, 2.45) is 5.41 Å². The van der Waals surface area contributed by atoms with Gasteiger partial charge in [-0.3, -0.25) is 4.79 Å². The first-order valence-electron chi connectivity index (χ1n) is 6.64. The lowest BCUT2D eigenvalue weighted by Gasteiger charge is -2.33. The normalized spacial score (nSPS) is 19.4. The van der Waals surface area contributed by atoms with Crippen LogP contribution in [0.5, 0.6) is 0 Å². The van der Waals surface area contributed by atoms with E-state index in [9.17, 15) is 4.79 Å². The van der Waals surface area contributed by atoms with E-state index in [1.165, 1.54) is 32.1 Å². The zero-order valence-electron chi connectivity index (χ0n) is 10.8. The van der Waals surface area contributed by atoms with Crippen LogP contribution >= 0.6 is 0 Å². The Morgan fingerprint density at radius 1 is 1.25 bits per heavy atom. The summed E-state index contributed by atoms with van der Waals surface area (Å²) in [5.41, 5.74) is 0.353. The van der Waals surface area contributed by atoms with E-state index in [1.54, 1.807) is 0 Å². The number of rotatable bonds is 6. The van der Waals surface area contributed by atoms with Gasteiger partial charge in [-0.15, -0.1) is 0 Å². The minimum atomic E-state index is 0.188. The predicted octanol–water partition coefficient (Wildman–Crippen LogP) is 2.07. The first kappa shape index (κ1) is 13.5. The van der Waals surface area contributed by atoms with Crippen molar-refractivity contribution >= 4 is 5.91 Å². The Bertz CT molecular complexity index is 210. The van der Waals surface area contributed by atoms with Crippen molar-refractivity contribution in [1.82, 2.24) is 10.6 Å². The van der Waals surface area contributed by atoms with Crippen molar-refractivity contribution in [2.45, 2.75) is 52.4 Å². The SMILES string of the molecule is CCNCCC(=O)NCC1(C)CCCCC1. The van der Waals surface area contributed by atoms with Gasteiger partial charge in [0.15, 0.2) is 0 Å². The average Bonchev–Trinajstić information content (AvgIpc) is 2.28. The van der Waals surface area contributed by atoms with Gasteiger partial charge in [-0.2, -0.15) is 0 Å². The Kier molecular flexibility index (Phi) is 5.81. The molecule has 0 saturated heterocycles. The maximum Gasteiger partial charge on any atom is 0.221 e. The van der Waals surface area contributed by atoms with Crippen LogP contribution in [0.3, 0.4) is 0 Å². The third-order valence-electron chi connectivity index (χ3n) is 3.55.